The molecular formula is C25H22N4O3S. The third-order valence-corrected chi connectivity index (χ3v) is 6.79. The number of hydrogen-bond acceptors (Lipinski definition) is 6. The highest BCUT2D eigenvalue weighted by molar-refractivity contribution is 7.99. The maximum atomic E-state index is 13.0. The number of aromatic nitrogens is 3. The molecule has 166 valence electrons. The van der Waals surface area contributed by atoms with Gasteiger partial charge in [-0.1, -0.05) is 42.1 Å². The molecule has 0 unspecified atom stereocenters. The first-order chi connectivity index (χ1) is 16.0. The van der Waals surface area contributed by atoms with Gasteiger partial charge in [0.05, 0.1) is 30.0 Å². The van der Waals surface area contributed by atoms with Crippen molar-refractivity contribution >= 4 is 29.1 Å². The van der Waals surface area contributed by atoms with Crippen molar-refractivity contribution in [2.75, 3.05) is 11.1 Å². The molecule has 0 fully saturated rings. The minimum Gasteiger partial charge on any atom is -0.469 e. The largest absolute Gasteiger partial charge is 0.469 e. The Morgan fingerprint density at radius 2 is 1.97 bits per heavy atom. The van der Waals surface area contributed by atoms with E-state index in [9.17, 15) is 9.59 Å². The van der Waals surface area contributed by atoms with E-state index < -0.39 is 0 Å². The van der Waals surface area contributed by atoms with Gasteiger partial charge in [0.1, 0.15) is 5.76 Å². The molecule has 33 heavy (non-hydrogen) atoms. The summed E-state index contributed by atoms with van der Waals surface area (Å²) in [4.78, 5) is 24.9. The highest BCUT2D eigenvalue weighted by Crippen LogP contribution is 2.33. The molecule has 0 saturated heterocycles. The predicted octanol–water partition coefficient (Wildman–Crippen LogP) is 4.93. The number of aryl methyl sites for hydroxylation is 1. The van der Waals surface area contributed by atoms with Crippen molar-refractivity contribution in [1.82, 2.24) is 14.8 Å². The van der Waals surface area contributed by atoms with E-state index in [1.54, 1.807) is 18.4 Å². The molecule has 0 aliphatic carbocycles. The maximum absolute atomic E-state index is 13.0. The monoisotopic (exact) mass is 458 g/mol. The third-order valence-electron chi connectivity index (χ3n) is 5.82. The van der Waals surface area contributed by atoms with Crippen LogP contribution in [0.3, 0.4) is 0 Å². The van der Waals surface area contributed by atoms with E-state index in [-0.39, 0.29) is 23.4 Å². The normalized spacial score (nSPS) is 14.8. The number of hydrogen-bond donors (Lipinski definition) is 1. The maximum Gasteiger partial charge on any atom is 0.231 e. The Kier molecular flexibility index (Phi) is 5.60. The van der Waals surface area contributed by atoms with E-state index in [1.165, 1.54) is 11.8 Å². The minimum atomic E-state index is -0.255. The average molecular weight is 459 g/mol. The van der Waals surface area contributed by atoms with Crippen LogP contribution >= 0.6 is 11.8 Å². The average Bonchev–Trinajstić information content (AvgIpc) is 3.50. The number of ketones is 1. The Labute approximate surface area is 195 Å². The molecule has 1 atom stereocenters. The molecule has 1 aliphatic rings. The van der Waals surface area contributed by atoms with Crippen LogP contribution in [0.2, 0.25) is 0 Å². The van der Waals surface area contributed by atoms with E-state index in [0.29, 0.717) is 23.1 Å². The van der Waals surface area contributed by atoms with Crippen molar-refractivity contribution in [2.24, 2.45) is 0 Å². The van der Waals surface area contributed by atoms with Gasteiger partial charge < -0.3 is 9.73 Å². The molecule has 5 rings (SSSR count). The molecule has 1 amide bonds. The summed E-state index contributed by atoms with van der Waals surface area (Å²) >= 11 is 1.35. The van der Waals surface area contributed by atoms with Crippen molar-refractivity contribution in [1.29, 1.82) is 0 Å². The fraction of sp³-hybridized carbons (Fsp3) is 0.200. The second kappa shape index (κ2) is 8.71. The Balaban J connectivity index is 1.40. The second-order valence-corrected chi connectivity index (χ2v) is 8.94. The Hall–Kier alpha value is -3.65. The zero-order valence-corrected chi connectivity index (χ0v) is 19.1. The molecular weight excluding hydrogens is 436 g/mol. The van der Waals surface area contributed by atoms with E-state index in [2.05, 4.69) is 15.5 Å². The number of amides is 1. The van der Waals surface area contributed by atoms with Crippen molar-refractivity contribution in [3.05, 3.63) is 83.3 Å². The van der Waals surface area contributed by atoms with Gasteiger partial charge >= 0.3 is 0 Å². The van der Waals surface area contributed by atoms with Gasteiger partial charge in [-0.05, 0) is 49.2 Å². The van der Waals surface area contributed by atoms with Gasteiger partial charge in [-0.25, -0.2) is 0 Å². The molecule has 0 radical (unpaired) electrons. The van der Waals surface area contributed by atoms with Crippen LogP contribution in [-0.4, -0.2) is 32.2 Å². The highest BCUT2D eigenvalue weighted by Gasteiger charge is 2.27. The van der Waals surface area contributed by atoms with Gasteiger partial charge in [-0.15, -0.1) is 10.2 Å². The summed E-state index contributed by atoms with van der Waals surface area (Å²) in [6.45, 7) is 4.31. The van der Waals surface area contributed by atoms with Crippen molar-refractivity contribution < 1.29 is 14.0 Å². The molecule has 2 aromatic heterocycles. The summed E-state index contributed by atoms with van der Waals surface area (Å²) in [6.07, 6.45) is 1.64. The number of rotatable bonds is 7. The lowest BCUT2D eigenvalue weighted by atomic mass is 9.99. The van der Waals surface area contributed by atoms with Crippen LogP contribution in [0.15, 0.2) is 70.4 Å². The molecule has 1 N–H and O–H groups in total. The van der Waals surface area contributed by atoms with Gasteiger partial charge in [0.25, 0.3) is 0 Å². The van der Waals surface area contributed by atoms with E-state index in [1.807, 2.05) is 60.9 Å². The topological polar surface area (TPSA) is 90.0 Å². The van der Waals surface area contributed by atoms with Gasteiger partial charge in [0.15, 0.2) is 16.8 Å². The van der Waals surface area contributed by atoms with Crippen LogP contribution < -0.4 is 5.32 Å². The number of carbonyl (C=O) groups is 2. The van der Waals surface area contributed by atoms with Crippen molar-refractivity contribution in [3.8, 4) is 11.4 Å². The van der Waals surface area contributed by atoms with Crippen LogP contribution in [0.5, 0.6) is 0 Å². The van der Waals surface area contributed by atoms with Crippen LogP contribution in [0.1, 0.15) is 40.1 Å². The lowest BCUT2D eigenvalue weighted by Gasteiger charge is -2.10. The fourth-order valence-electron chi connectivity index (χ4n) is 3.92. The standard InChI is InChI=1S/C25H22N4O3S/c1-15-20-12-18(8-9-21(20)26-24(15)31)22(30)14-33-25-28-27-23(19-10-11-32-16(19)2)29(25)13-17-6-4-3-5-7-17/h3-12,15H,13-14H2,1-2H3,(H,26,31)/t15-/m1/s1. The van der Waals surface area contributed by atoms with Gasteiger partial charge in [0, 0.05) is 11.3 Å². The molecule has 1 aliphatic heterocycles. The number of anilines is 1. The van der Waals surface area contributed by atoms with Crippen molar-refractivity contribution in [3.63, 3.8) is 0 Å². The Morgan fingerprint density at radius 3 is 2.73 bits per heavy atom. The number of carbonyl (C=O) groups excluding carboxylic acids is 2. The summed E-state index contributed by atoms with van der Waals surface area (Å²) in [5.74, 6) is 1.36. The quantitative estimate of drug-likeness (QED) is 0.312. The van der Waals surface area contributed by atoms with E-state index >= 15 is 0 Å². The van der Waals surface area contributed by atoms with Crippen LogP contribution in [0, 0.1) is 6.92 Å². The zero-order valence-electron chi connectivity index (χ0n) is 18.2. The first kappa shape index (κ1) is 21.2. The summed E-state index contributed by atoms with van der Waals surface area (Å²) in [7, 11) is 0. The lowest BCUT2D eigenvalue weighted by Crippen LogP contribution is -2.08. The Bertz CT molecular complexity index is 1340. The fourth-order valence-corrected chi connectivity index (χ4v) is 4.76. The van der Waals surface area contributed by atoms with Crippen LogP contribution in [0.25, 0.3) is 11.4 Å². The van der Waals surface area contributed by atoms with E-state index in [0.717, 1.165) is 28.1 Å². The SMILES string of the molecule is Cc1occc1-c1nnc(SCC(=O)c2ccc3c(c2)[C@@H](C)C(=O)N3)n1Cc1ccccc1. The van der Waals surface area contributed by atoms with E-state index in [4.69, 9.17) is 4.42 Å². The molecule has 0 bridgehead atoms. The zero-order chi connectivity index (χ0) is 22.9. The number of nitrogens with zero attached hydrogens (tertiary/aromatic N) is 3. The number of thioether (sulfide) groups is 1. The van der Waals surface area contributed by atoms with Gasteiger partial charge in [-0.3, -0.25) is 14.2 Å². The van der Waals surface area contributed by atoms with Crippen LogP contribution in [0.4, 0.5) is 5.69 Å². The highest BCUT2D eigenvalue weighted by atomic mass is 32.2. The van der Waals surface area contributed by atoms with Gasteiger partial charge in [-0.2, -0.15) is 0 Å². The van der Waals surface area contributed by atoms with Crippen molar-refractivity contribution in [2.45, 2.75) is 31.5 Å². The smallest absolute Gasteiger partial charge is 0.231 e. The number of benzene rings is 2. The number of nitrogens with one attached hydrogen (secondary N) is 1. The first-order valence-corrected chi connectivity index (χ1v) is 11.6. The molecule has 3 heterocycles. The lowest BCUT2D eigenvalue weighted by molar-refractivity contribution is -0.116. The molecule has 7 nitrogen and oxygen atoms in total. The predicted molar refractivity (Wildman–Crippen MR) is 127 cm³/mol. The van der Waals surface area contributed by atoms with Gasteiger partial charge in [0.2, 0.25) is 5.91 Å². The summed E-state index contributed by atoms with van der Waals surface area (Å²) < 4.78 is 7.48. The molecule has 8 heteroatoms. The number of fused-ring (bicyclic) bond motifs is 1. The molecule has 0 spiro atoms. The number of Topliss-reactive ketones (excluding diaryl/α,β-unsaturated/α-hetero) is 1. The first-order valence-electron chi connectivity index (χ1n) is 10.6. The molecule has 2 aromatic carbocycles. The molecule has 4 aromatic rings. The second-order valence-electron chi connectivity index (χ2n) is 7.99. The number of furan rings is 1. The Morgan fingerprint density at radius 1 is 1.15 bits per heavy atom. The summed E-state index contributed by atoms with van der Waals surface area (Å²) in [6, 6.07) is 17.3. The van der Waals surface area contributed by atoms with Crippen LogP contribution in [-0.2, 0) is 11.3 Å². The summed E-state index contributed by atoms with van der Waals surface area (Å²) in [5, 5.41) is 12.3. The summed E-state index contributed by atoms with van der Waals surface area (Å²) in [5.41, 5.74) is 4.21. The third kappa shape index (κ3) is 4.09. The molecule has 0 saturated carbocycles. The minimum absolute atomic E-state index is 0.0235.